The van der Waals surface area contributed by atoms with Crippen LogP contribution in [-0.4, -0.2) is 22.6 Å². The van der Waals surface area contributed by atoms with E-state index in [-0.39, 0.29) is 12.6 Å². The van der Waals surface area contributed by atoms with Gasteiger partial charge in [0.2, 0.25) is 5.95 Å². The molecule has 0 saturated carbocycles. The van der Waals surface area contributed by atoms with Gasteiger partial charge in [-0.2, -0.15) is 4.39 Å². The predicted octanol–water partition coefficient (Wildman–Crippen LogP) is 2.98. The van der Waals surface area contributed by atoms with Gasteiger partial charge in [0.1, 0.15) is 18.1 Å². The summed E-state index contributed by atoms with van der Waals surface area (Å²) >= 11 is 0. The highest BCUT2D eigenvalue weighted by Gasteiger charge is 2.48. The highest BCUT2D eigenvalue weighted by Crippen LogP contribution is 2.50. The fourth-order valence-corrected chi connectivity index (χ4v) is 3.39. The number of aromatic nitrogens is 2. The Morgan fingerprint density at radius 3 is 2.73 bits per heavy atom. The maximum Gasteiger partial charge on any atom is 0.283 e. The minimum atomic E-state index is -0.914. The first-order valence-corrected chi connectivity index (χ1v) is 8.05. The Bertz CT molecular complexity index is 1070. The average Bonchev–Trinajstić information content (AvgIpc) is 3.05. The van der Waals surface area contributed by atoms with Crippen LogP contribution in [0.3, 0.4) is 0 Å². The molecule has 2 aliphatic heterocycles. The van der Waals surface area contributed by atoms with Gasteiger partial charge in [-0.05, 0) is 30.3 Å². The van der Waals surface area contributed by atoms with Gasteiger partial charge in [-0.3, -0.25) is 0 Å². The number of hydrogen-bond acceptors (Lipinski definition) is 6. The molecule has 2 aliphatic rings. The smallest absolute Gasteiger partial charge is 0.283 e. The minimum Gasteiger partial charge on any atom is -0.462 e. The van der Waals surface area contributed by atoms with Crippen molar-refractivity contribution >= 4 is 6.02 Å². The fourth-order valence-electron chi connectivity index (χ4n) is 3.39. The van der Waals surface area contributed by atoms with Crippen LogP contribution >= 0.6 is 0 Å². The molecule has 0 amide bonds. The summed E-state index contributed by atoms with van der Waals surface area (Å²) < 4.78 is 25.6. The van der Waals surface area contributed by atoms with Gasteiger partial charge in [0.05, 0.1) is 11.3 Å². The first-order chi connectivity index (χ1) is 12.7. The van der Waals surface area contributed by atoms with Crippen LogP contribution in [0.15, 0.2) is 59.7 Å². The third-order valence-corrected chi connectivity index (χ3v) is 4.57. The number of amidine groups is 1. The van der Waals surface area contributed by atoms with Crippen LogP contribution in [0.5, 0.6) is 11.5 Å². The predicted molar refractivity (Wildman–Crippen MR) is 92.3 cm³/mol. The lowest BCUT2D eigenvalue weighted by Gasteiger charge is -2.32. The zero-order valence-electron chi connectivity index (χ0n) is 13.5. The van der Waals surface area contributed by atoms with E-state index in [0.29, 0.717) is 28.5 Å². The molecule has 0 aliphatic carbocycles. The number of nitrogens with two attached hydrogens (primary N) is 1. The van der Waals surface area contributed by atoms with Crippen LogP contribution in [0.1, 0.15) is 11.3 Å². The molecule has 3 aromatic rings. The molecule has 0 bridgehead atoms. The van der Waals surface area contributed by atoms with Gasteiger partial charge in [-0.15, -0.1) is 0 Å². The minimum absolute atomic E-state index is 0.0902. The molecule has 128 valence electrons. The summed E-state index contributed by atoms with van der Waals surface area (Å²) in [5.41, 5.74) is 7.00. The van der Waals surface area contributed by atoms with Crippen molar-refractivity contribution < 1.29 is 13.9 Å². The van der Waals surface area contributed by atoms with E-state index in [1.165, 1.54) is 6.20 Å². The van der Waals surface area contributed by atoms with Gasteiger partial charge in [0, 0.05) is 11.8 Å². The Morgan fingerprint density at radius 2 is 1.92 bits per heavy atom. The Balaban J connectivity index is 1.76. The van der Waals surface area contributed by atoms with Crippen molar-refractivity contribution in [3.05, 3.63) is 71.9 Å². The quantitative estimate of drug-likeness (QED) is 0.684. The van der Waals surface area contributed by atoms with Crippen molar-refractivity contribution in [1.29, 1.82) is 0 Å². The molecule has 0 radical (unpaired) electrons. The van der Waals surface area contributed by atoms with E-state index >= 15 is 0 Å². The monoisotopic (exact) mass is 348 g/mol. The standard InChI is InChI=1S/C19H13FN4O2/c20-17-11(4-3-9-22-17)13-7-8-15-16(23-13)19(10-25-18(21)24-19)12-5-1-2-6-14(12)26-15/h1-9H,10H2,(H2,21,24). The van der Waals surface area contributed by atoms with E-state index in [1.54, 1.807) is 24.3 Å². The van der Waals surface area contributed by atoms with Gasteiger partial charge in [0.15, 0.2) is 11.3 Å². The van der Waals surface area contributed by atoms with Crippen molar-refractivity contribution in [2.24, 2.45) is 10.7 Å². The van der Waals surface area contributed by atoms with Crippen LogP contribution in [0.4, 0.5) is 4.39 Å². The number of pyridine rings is 2. The van der Waals surface area contributed by atoms with Gasteiger partial charge >= 0.3 is 0 Å². The lowest BCUT2D eigenvalue weighted by atomic mass is 9.84. The second-order valence-electron chi connectivity index (χ2n) is 6.08. The molecule has 26 heavy (non-hydrogen) atoms. The van der Waals surface area contributed by atoms with Crippen LogP contribution < -0.4 is 10.5 Å². The van der Waals surface area contributed by atoms with E-state index < -0.39 is 11.5 Å². The van der Waals surface area contributed by atoms with Crippen LogP contribution in [0, 0.1) is 5.95 Å². The van der Waals surface area contributed by atoms with Gasteiger partial charge < -0.3 is 15.2 Å². The molecule has 1 atom stereocenters. The highest BCUT2D eigenvalue weighted by molar-refractivity contribution is 5.76. The number of fused-ring (bicyclic) bond motifs is 4. The average molecular weight is 348 g/mol. The van der Waals surface area contributed by atoms with Crippen LogP contribution in [0.2, 0.25) is 0 Å². The Labute approximate surface area is 148 Å². The maximum absolute atomic E-state index is 14.1. The number of benzene rings is 1. The van der Waals surface area contributed by atoms with Crippen molar-refractivity contribution in [3.63, 3.8) is 0 Å². The fraction of sp³-hybridized carbons (Fsp3) is 0.105. The topological polar surface area (TPSA) is 82.6 Å². The van der Waals surface area contributed by atoms with E-state index in [0.717, 1.165) is 5.56 Å². The largest absolute Gasteiger partial charge is 0.462 e. The molecule has 0 fully saturated rings. The second-order valence-corrected chi connectivity index (χ2v) is 6.08. The Hall–Kier alpha value is -3.48. The summed E-state index contributed by atoms with van der Waals surface area (Å²) in [6, 6.07) is 14.4. The number of ether oxygens (including phenoxy) is 2. The molecule has 2 N–H and O–H groups in total. The summed E-state index contributed by atoms with van der Waals surface area (Å²) in [4.78, 5) is 12.9. The lowest BCUT2D eigenvalue weighted by molar-refractivity contribution is 0.260. The molecule has 5 rings (SSSR count). The van der Waals surface area contributed by atoms with Crippen molar-refractivity contribution in [2.75, 3.05) is 6.61 Å². The number of para-hydroxylation sites is 1. The normalized spacial score (nSPS) is 20.0. The first-order valence-electron chi connectivity index (χ1n) is 8.05. The van der Waals surface area contributed by atoms with Crippen molar-refractivity contribution in [3.8, 4) is 22.8 Å². The summed E-state index contributed by atoms with van der Waals surface area (Å²) in [7, 11) is 0. The zero-order chi connectivity index (χ0) is 17.7. The highest BCUT2D eigenvalue weighted by atomic mass is 19.1. The number of halogens is 1. The van der Waals surface area contributed by atoms with E-state index in [2.05, 4.69) is 15.0 Å². The third-order valence-electron chi connectivity index (χ3n) is 4.57. The molecular formula is C19H13FN4O2. The van der Waals surface area contributed by atoms with Gasteiger partial charge in [-0.25, -0.2) is 15.0 Å². The number of hydrogen-bond donors (Lipinski definition) is 1. The van der Waals surface area contributed by atoms with E-state index in [1.807, 2.05) is 24.3 Å². The van der Waals surface area contributed by atoms with Gasteiger partial charge in [0.25, 0.3) is 6.02 Å². The molecule has 1 spiro atoms. The molecule has 7 heteroatoms. The summed E-state index contributed by atoms with van der Waals surface area (Å²) in [6.07, 6.45) is 1.40. The summed E-state index contributed by atoms with van der Waals surface area (Å²) in [5.74, 6) is 0.625. The number of aliphatic imine (C=N–C) groups is 1. The summed E-state index contributed by atoms with van der Waals surface area (Å²) in [5, 5.41) is 0. The molecule has 2 aromatic heterocycles. The Kier molecular flexibility index (Phi) is 3.00. The number of rotatable bonds is 1. The van der Waals surface area contributed by atoms with E-state index in [9.17, 15) is 4.39 Å². The second kappa shape index (κ2) is 5.26. The third kappa shape index (κ3) is 2.00. The molecular weight excluding hydrogens is 335 g/mol. The maximum atomic E-state index is 14.1. The summed E-state index contributed by atoms with van der Waals surface area (Å²) in [6.45, 7) is 0.207. The molecule has 1 aromatic carbocycles. The van der Waals surface area contributed by atoms with Crippen LogP contribution in [-0.2, 0) is 10.3 Å². The first kappa shape index (κ1) is 14.8. The SMILES string of the molecule is NC1=NC2(CO1)c1ccccc1Oc1ccc(-c3cccnc3F)nc12. The zero-order valence-corrected chi connectivity index (χ0v) is 13.5. The molecule has 1 unspecified atom stereocenters. The molecule has 0 saturated heterocycles. The van der Waals surface area contributed by atoms with E-state index in [4.69, 9.17) is 15.2 Å². The van der Waals surface area contributed by atoms with Crippen molar-refractivity contribution in [1.82, 2.24) is 9.97 Å². The molecule has 6 nitrogen and oxygen atoms in total. The molecule has 4 heterocycles. The lowest BCUT2D eigenvalue weighted by Crippen LogP contribution is -2.32. The van der Waals surface area contributed by atoms with Crippen LogP contribution in [0.25, 0.3) is 11.3 Å². The number of nitrogens with zero attached hydrogens (tertiary/aromatic N) is 3. The Morgan fingerprint density at radius 1 is 1.04 bits per heavy atom. The van der Waals surface area contributed by atoms with Crippen molar-refractivity contribution in [2.45, 2.75) is 5.54 Å². The van der Waals surface area contributed by atoms with Gasteiger partial charge in [-0.1, -0.05) is 18.2 Å².